The van der Waals surface area contributed by atoms with E-state index in [9.17, 15) is 29.4 Å². The number of halogens is 5. The monoisotopic (exact) mass is 1950 g/mol. The smallest absolute Gasteiger partial charge is 0.329 e. The lowest BCUT2D eigenvalue weighted by atomic mass is 9.92. The summed E-state index contributed by atoms with van der Waals surface area (Å²) in [7, 11) is 6.38. The first-order valence-electron chi connectivity index (χ1n) is 43.6. The molecule has 8 heterocycles. The predicted molar refractivity (Wildman–Crippen MR) is 522 cm³/mol. The van der Waals surface area contributed by atoms with Crippen LogP contribution in [0.4, 0.5) is 18.0 Å². The van der Waals surface area contributed by atoms with Gasteiger partial charge in [-0.25, -0.2) is 19.4 Å². The number of fused-ring (bicyclic) bond motifs is 8. The summed E-state index contributed by atoms with van der Waals surface area (Å²) in [6, 6.07) is 73.7. The Bertz CT molecular complexity index is 6710. The van der Waals surface area contributed by atoms with Crippen molar-refractivity contribution < 1.29 is 94.4 Å². The topological polar surface area (TPSA) is 327 Å². The maximum Gasteiger partial charge on any atom is 0.329 e. The number of aliphatic carboxylic acids is 2. The predicted octanol–water partition coefficient (Wildman–Crippen LogP) is 21.5. The molecular formula is C104H95Cl5N8O20. The number of esters is 2. The maximum atomic E-state index is 13.1. The lowest BCUT2D eigenvalue weighted by Gasteiger charge is -2.35. The molecule has 0 fully saturated rings. The van der Waals surface area contributed by atoms with E-state index in [4.69, 9.17) is 111 Å². The van der Waals surface area contributed by atoms with E-state index >= 15 is 0 Å². The second-order valence-electron chi connectivity index (χ2n) is 31.7. The average Bonchev–Trinajstić information content (AvgIpc) is 1.75. The number of hydrogen-bond acceptors (Lipinski definition) is 26. The highest BCUT2D eigenvalue weighted by atomic mass is 35.5. The zero-order valence-corrected chi connectivity index (χ0v) is 79.0. The fraction of sp³-hybridized carbons (Fsp3) is 0.231. The third-order valence-electron chi connectivity index (χ3n) is 23.1. The molecule has 4 atom stereocenters. The van der Waals surface area contributed by atoms with Gasteiger partial charge in [-0.3, -0.25) is 4.79 Å². The minimum atomic E-state index is -0.974. The molecule has 0 radical (unpaired) electrons. The second kappa shape index (κ2) is 45.3. The molecule has 0 saturated carbocycles. The van der Waals surface area contributed by atoms with Crippen LogP contribution in [0.3, 0.4) is 0 Å². The van der Waals surface area contributed by atoms with Gasteiger partial charge in [-0.2, -0.15) is 15.0 Å². The summed E-state index contributed by atoms with van der Waals surface area (Å²) in [5.74, 6) is 2.37. The third kappa shape index (κ3) is 23.1. The van der Waals surface area contributed by atoms with E-state index in [-0.39, 0.29) is 61.9 Å². The number of nitrogens with one attached hydrogen (secondary N) is 1. The summed E-state index contributed by atoms with van der Waals surface area (Å²) in [5.41, 5.74) is 16.7. The molecule has 28 nitrogen and oxygen atoms in total. The molecule has 0 aliphatic carbocycles. The number of nitrogens with zero attached hydrogens (tertiary/aromatic N) is 7. The molecule has 20 rings (SSSR count). The molecule has 16 aromatic rings. The van der Waals surface area contributed by atoms with Crippen molar-refractivity contribution in [3.8, 4) is 46.0 Å². The number of carbonyl (C=O) groups is 4. The molecule has 33 heteroatoms. The Balaban J connectivity index is 0.000000134. The van der Waals surface area contributed by atoms with Crippen molar-refractivity contribution in [2.24, 2.45) is 0 Å². The van der Waals surface area contributed by atoms with Gasteiger partial charge in [0, 0.05) is 94.2 Å². The van der Waals surface area contributed by atoms with Gasteiger partial charge in [0.05, 0.1) is 41.7 Å². The number of carbonyl (C=O) groups excluding carboxylic acids is 2. The van der Waals surface area contributed by atoms with E-state index in [1.165, 1.54) is 6.39 Å². The van der Waals surface area contributed by atoms with E-state index in [0.717, 1.165) is 77.9 Å². The lowest BCUT2D eigenvalue weighted by Crippen LogP contribution is -2.47. The zero-order valence-electron chi connectivity index (χ0n) is 75.2. The highest BCUT2D eigenvalue weighted by Gasteiger charge is 2.42. The van der Waals surface area contributed by atoms with Gasteiger partial charge >= 0.3 is 23.9 Å². The number of methoxy groups -OCH3 is 4. The third-order valence-corrected chi connectivity index (χ3v) is 24.0. The van der Waals surface area contributed by atoms with Gasteiger partial charge in [-0.1, -0.05) is 192 Å². The van der Waals surface area contributed by atoms with Crippen LogP contribution >= 0.6 is 58.8 Å². The van der Waals surface area contributed by atoms with Gasteiger partial charge in [-0.15, -0.1) is 12.4 Å². The van der Waals surface area contributed by atoms with E-state index in [1.54, 1.807) is 118 Å². The van der Waals surface area contributed by atoms with Crippen LogP contribution in [0.5, 0.6) is 46.0 Å². The summed E-state index contributed by atoms with van der Waals surface area (Å²) in [6.07, 6.45) is 2.71. The standard InChI is InChI=1S/C27H25ClN2O5.2C25H21ClN2O5.C20H23NO4.C7H4ClNO.ClH/c1-3-33-26(31)22-14-20-18(15-30(22)27-29-21-13-19(28)10-12-23(21)35-27)9-11-24(32-2)25(20)34-16-17-7-5-4-6-8-17;2*1-31-22-9-7-16-13-28(25-27-19-11-17(26)8-10-21(19)33-25)20(24(29)30)12-18(16)23(22)32-14-15-5-3-2-4-6-15;1-3-24-20(22)17-11-16-15(12-21-17)9-10-18(23-2)19(16)25-13-14-7-5-4-6-8-14;8-5-1-2-7-6(3-5)9-4-10-7;/h4-13,22H,3,14-16H2,1-2H3;2*2-11,20H,12-14H2,1H3,(H,29,30);4-10,17,21H,3,11-13H2,1-2H3;1-4H;1H. The number of aromatic nitrogens is 4. The first-order valence-corrected chi connectivity index (χ1v) is 45.1. The van der Waals surface area contributed by atoms with E-state index < -0.39 is 30.1 Å². The van der Waals surface area contributed by atoms with E-state index in [2.05, 4.69) is 25.3 Å². The van der Waals surface area contributed by atoms with Crippen LogP contribution in [-0.2, 0) is 107 Å². The van der Waals surface area contributed by atoms with Crippen molar-refractivity contribution in [2.75, 3.05) is 56.4 Å². The van der Waals surface area contributed by atoms with Gasteiger partial charge in [0.15, 0.2) is 74.7 Å². The molecule has 0 spiro atoms. The minimum absolute atomic E-state index is 0. The Kier molecular flexibility index (Phi) is 32.1. The van der Waals surface area contributed by atoms with Gasteiger partial charge in [0.2, 0.25) is 0 Å². The highest BCUT2D eigenvalue weighted by Crippen LogP contribution is 2.46. The summed E-state index contributed by atoms with van der Waals surface area (Å²) < 4.78 is 80.1. The Hall–Kier alpha value is -14.4. The molecule has 4 aromatic heterocycles. The summed E-state index contributed by atoms with van der Waals surface area (Å²) in [6.45, 7) is 7.38. The Morgan fingerprint density at radius 1 is 0.380 bits per heavy atom. The Morgan fingerprint density at radius 2 is 0.686 bits per heavy atom. The summed E-state index contributed by atoms with van der Waals surface area (Å²) in [4.78, 5) is 72.4. The number of oxazole rings is 4. The number of rotatable bonds is 25. The van der Waals surface area contributed by atoms with Crippen LogP contribution in [-0.4, -0.2) is 120 Å². The fourth-order valence-electron chi connectivity index (χ4n) is 16.4. The van der Waals surface area contributed by atoms with Crippen LogP contribution < -0.4 is 57.9 Å². The molecule has 137 heavy (non-hydrogen) atoms. The van der Waals surface area contributed by atoms with Crippen molar-refractivity contribution in [2.45, 2.75) is 116 Å². The number of carboxylic acids is 2. The van der Waals surface area contributed by atoms with Crippen LogP contribution in [0, 0.1) is 0 Å². The molecular weight excluding hydrogens is 1860 g/mol. The van der Waals surface area contributed by atoms with Gasteiger partial charge in [0.25, 0.3) is 18.0 Å². The normalized spacial score (nSPS) is 14.9. The van der Waals surface area contributed by atoms with Crippen LogP contribution in [0.15, 0.2) is 267 Å². The van der Waals surface area contributed by atoms with E-state index in [1.807, 2.05) is 182 Å². The van der Waals surface area contributed by atoms with E-state index in [0.29, 0.717) is 177 Å². The first kappa shape index (κ1) is 97.2. The van der Waals surface area contributed by atoms with Crippen LogP contribution in [0.25, 0.3) is 44.4 Å². The summed E-state index contributed by atoms with van der Waals surface area (Å²) in [5, 5.41) is 25.6. The van der Waals surface area contributed by atoms with Gasteiger partial charge < -0.3 is 95.3 Å². The first-order chi connectivity index (χ1) is 66.2. The molecule has 0 bridgehead atoms. The number of anilines is 3. The Labute approximate surface area is 814 Å². The Morgan fingerprint density at radius 3 is 1.02 bits per heavy atom. The number of carboxylic acid groups (broad SMARTS) is 2. The second-order valence-corrected chi connectivity index (χ2v) is 33.4. The molecule has 0 saturated heterocycles. The number of benzene rings is 12. The number of ether oxygens (including phenoxy) is 10. The van der Waals surface area contributed by atoms with Crippen molar-refractivity contribution in [3.63, 3.8) is 0 Å². The molecule has 4 unspecified atom stereocenters. The van der Waals surface area contributed by atoms with Crippen molar-refractivity contribution >= 4 is 145 Å². The summed E-state index contributed by atoms with van der Waals surface area (Å²) >= 11 is 23.9. The van der Waals surface area contributed by atoms with Crippen LogP contribution in [0.2, 0.25) is 20.1 Å². The van der Waals surface area contributed by atoms with Crippen LogP contribution in [0.1, 0.15) is 80.6 Å². The molecule has 12 aromatic carbocycles. The highest BCUT2D eigenvalue weighted by molar-refractivity contribution is 6.32. The average molecular weight is 1950 g/mol. The largest absolute Gasteiger partial charge is 0.493 e. The molecule has 4 aliphatic heterocycles. The zero-order chi connectivity index (χ0) is 94.9. The fourth-order valence-corrected chi connectivity index (χ4v) is 17.0. The SMILES string of the molecule is CCOC(=O)C1Cc2c(ccc(OC)c2OCc2ccccc2)CN1.CCOC(=O)C1Cc2c(ccc(OC)c2OCc2ccccc2)CN1c1nc2cc(Cl)ccc2o1.COc1ccc2c(c1OCc1ccccc1)CC(C(=O)O)N(c1nc3cc(Cl)ccc3o1)C2.COc1ccc2c(c1OCc1ccccc1)CC(C(=O)O)N(c1nc3cc(Cl)ccc3o1)C2.Cl.Clc1ccc2ocnc2c1. The molecule has 4 aliphatic rings. The number of hydrogen-bond donors (Lipinski definition) is 3. The van der Waals surface area contributed by atoms with Gasteiger partial charge in [-0.05, 0) is 155 Å². The lowest BCUT2D eigenvalue weighted by molar-refractivity contribution is -0.146. The van der Waals surface area contributed by atoms with Gasteiger partial charge in [0.1, 0.15) is 72.7 Å². The van der Waals surface area contributed by atoms with Crippen molar-refractivity contribution in [3.05, 3.63) is 336 Å². The van der Waals surface area contributed by atoms with Crippen molar-refractivity contribution in [1.82, 2.24) is 25.3 Å². The molecule has 706 valence electrons. The maximum absolute atomic E-state index is 13.1. The van der Waals surface area contributed by atoms with Crippen molar-refractivity contribution in [1.29, 1.82) is 0 Å². The molecule has 0 amide bonds. The minimum Gasteiger partial charge on any atom is -0.493 e. The quantitative estimate of drug-likeness (QED) is 0.0448. The molecule has 3 N–H and O–H groups in total.